The van der Waals surface area contributed by atoms with E-state index in [0.717, 1.165) is 0 Å². The van der Waals surface area contributed by atoms with Gasteiger partial charge in [0.25, 0.3) is 0 Å². The van der Waals surface area contributed by atoms with Gasteiger partial charge in [-0.15, -0.1) is 0 Å². The minimum absolute atomic E-state index is 0. The maximum Gasteiger partial charge on any atom is 0.509 e. The number of fused-ring (bicyclic) bond motifs is 3. The summed E-state index contributed by atoms with van der Waals surface area (Å²) in [5.41, 5.74) is 1.24. The highest BCUT2D eigenvalue weighted by Crippen LogP contribution is 2.40. The van der Waals surface area contributed by atoms with Crippen molar-refractivity contribution in [3.63, 3.8) is 0 Å². The van der Waals surface area contributed by atoms with Crippen molar-refractivity contribution in [1.29, 1.82) is 0 Å². The van der Waals surface area contributed by atoms with Crippen LogP contribution in [0.25, 0.3) is 21.9 Å². The minimum Gasteiger partial charge on any atom is -0.488 e. The first-order valence-corrected chi connectivity index (χ1v) is 22.3. The Labute approximate surface area is 403 Å². The molecule has 10 atom stereocenters. The molecule has 7 rings (SSSR count). The molecule has 21 nitrogen and oxygen atoms in total. The van der Waals surface area contributed by atoms with Gasteiger partial charge in [-0.3, -0.25) is 0 Å². The lowest BCUT2D eigenvalue weighted by Gasteiger charge is -2.41. The highest BCUT2D eigenvalue weighted by molar-refractivity contribution is 6.06. The number of oxime groups is 2. The maximum absolute atomic E-state index is 12.9. The number of carbonyl (C=O) groups excluding carboxylic acids is 1. The molecule has 4 aromatic rings. The van der Waals surface area contributed by atoms with Gasteiger partial charge >= 0.3 is 17.4 Å². The first kappa shape index (κ1) is 56.1. The van der Waals surface area contributed by atoms with Gasteiger partial charge in [-0.05, 0) is 64.8 Å². The fraction of sp³-hybridized carbons (Fsp3) is 0.490. The summed E-state index contributed by atoms with van der Waals surface area (Å²) in [6, 6.07) is 6.81. The minimum atomic E-state index is -1.23. The van der Waals surface area contributed by atoms with Gasteiger partial charge in [0.1, 0.15) is 78.8 Å². The zero-order valence-electron chi connectivity index (χ0n) is 40.9. The zero-order chi connectivity index (χ0) is 49.6. The highest BCUT2D eigenvalue weighted by Gasteiger charge is 2.53. The summed E-state index contributed by atoms with van der Waals surface area (Å²) in [6.07, 6.45) is -2.06. The molecule has 3 saturated heterocycles. The Bertz CT molecular complexity index is 2670. The van der Waals surface area contributed by atoms with Crippen molar-refractivity contribution in [2.45, 2.75) is 117 Å². The number of carbonyl (C=O) groups is 1. The summed E-state index contributed by atoms with van der Waals surface area (Å²) >= 11 is 0. The Morgan fingerprint density at radius 3 is 1.54 bits per heavy atom. The highest BCUT2D eigenvalue weighted by atomic mass is 16.8. The second kappa shape index (κ2) is 24.4. The summed E-state index contributed by atoms with van der Waals surface area (Å²) in [4.78, 5) is 47.3. The van der Waals surface area contributed by atoms with Crippen LogP contribution in [0.1, 0.15) is 76.6 Å². The zero-order valence-corrected chi connectivity index (χ0v) is 40.9. The average Bonchev–Trinajstić information content (AvgIpc) is 3.72. The number of aliphatic hydroxyl groups is 2. The quantitative estimate of drug-likeness (QED) is 0.0470. The van der Waals surface area contributed by atoms with Gasteiger partial charge in [0.15, 0.2) is 6.10 Å². The molecule has 0 saturated carbocycles. The topological polar surface area (TPSA) is 298 Å². The lowest BCUT2D eigenvalue weighted by molar-refractivity contribution is -0.255. The number of aliphatic hydroxyl groups excluding tert-OH is 2. The van der Waals surface area contributed by atoms with Crippen LogP contribution in [-0.2, 0) is 28.6 Å². The predicted octanol–water partition coefficient (Wildman–Crippen LogP) is 5.35. The number of hydrogen-bond acceptors (Lipinski definition) is 19. The first-order chi connectivity index (χ1) is 32.5. The molecule has 70 heavy (non-hydrogen) atoms. The number of nitrogens with zero attached hydrogens (tertiary/aromatic N) is 2. The van der Waals surface area contributed by atoms with Crippen molar-refractivity contribution in [3.8, 4) is 23.0 Å². The predicted molar refractivity (Wildman–Crippen MR) is 256 cm³/mol. The van der Waals surface area contributed by atoms with E-state index in [4.69, 9.17) is 56.4 Å². The number of rotatable bonds is 16. The molecule has 3 aliphatic heterocycles. The van der Waals surface area contributed by atoms with Crippen molar-refractivity contribution < 1.29 is 82.4 Å². The third-order valence-electron chi connectivity index (χ3n) is 12.1. The van der Waals surface area contributed by atoms with E-state index in [1.165, 1.54) is 14.2 Å². The van der Waals surface area contributed by atoms with Crippen LogP contribution in [-0.4, -0.2) is 115 Å². The number of aryl methyl sites for hydroxylation is 2. The standard InChI is InChI=1S/C25H29NO9.C24H31NO8.2H2O/c1-7-11-30-21-15-9-10-17(13(4)19(15)33-23(27)18(21)14(5)26-29-6)32-24-22-20(34-25(28)35-22)12(3)16(8-2)31-24;1-7-11-30-22-15-9-10-17(32-24-20(27)19(26)12(3)16(8-2)31-24)13(4)21(15)33-23(28)18(22)14(5)25-29-6;;/h7,9-10,12,16,20,22,24H,1,8,11H2,2-6H3;7,9-10,12,16,19-20,24,26-27H,1,8,11H2,2-6H3;2*1H2/b26-14+;25-14+;;/t12?,16-,20?,22?,24?;12?,16-,19?,20?,24?;;/m00../s1. The Balaban J connectivity index is 0.000000297. The Kier molecular flexibility index (Phi) is 19.5. The van der Waals surface area contributed by atoms with Gasteiger partial charge in [0.2, 0.25) is 18.7 Å². The van der Waals surface area contributed by atoms with E-state index in [0.29, 0.717) is 69.2 Å². The van der Waals surface area contributed by atoms with Crippen LogP contribution in [0.15, 0.2) is 78.3 Å². The van der Waals surface area contributed by atoms with Gasteiger partial charge in [0.05, 0.1) is 40.5 Å². The van der Waals surface area contributed by atoms with E-state index in [-0.39, 0.29) is 70.5 Å². The van der Waals surface area contributed by atoms with E-state index in [1.54, 1.807) is 64.1 Å². The van der Waals surface area contributed by atoms with E-state index in [9.17, 15) is 24.6 Å². The van der Waals surface area contributed by atoms with E-state index in [1.807, 2.05) is 27.7 Å². The molecule has 0 bridgehead atoms. The van der Waals surface area contributed by atoms with Crippen molar-refractivity contribution in [3.05, 3.63) is 92.7 Å². The van der Waals surface area contributed by atoms with Gasteiger partial charge in [-0.2, -0.15) is 0 Å². The van der Waals surface area contributed by atoms with E-state index >= 15 is 0 Å². The van der Waals surface area contributed by atoms with Gasteiger partial charge in [-0.1, -0.05) is 63.3 Å². The largest absolute Gasteiger partial charge is 0.509 e. The normalized spacial score (nSPS) is 25.1. The molecule has 2 aromatic heterocycles. The third kappa shape index (κ3) is 11.2. The molecule has 5 heterocycles. The second-order valence-electron chi connectivity index (χ2n) is 16.5. The molecule has 384 valence electrons. The van der Waals surface area contributed by atoms with Crippen molar-refractivity contribution in [1.82, 2.24) is 0 Å². The maximum atomic E-state index is 12.9. The lowest BCUT2D eigenvalue weighted by atomic mass is 9.89. The molecule has 3 fully saturated rings. The Morgan fingerprint density at radius 2 is 1.10 bits per heavy atom. The number of benzene rings is 2. The molecule has 8 unspecified atom stereocenters. The second-order valence-corrected chi connectivity index (χ2v) is 16.5. The molecule has 0 radical (unpaired) electrons. The van der Waals surface area contributed by atoms with E-state index < -0.39 is 54.4 Å². The van der Waals surface area contributed by atoms with Crippen LogP contribution in [0.3, 0.4) is 0 Å². The van der Waals surface area contributed by atoms with Crippen molar-refractivity contribution in [2.75, 3.05) is 27.4 Å². The van der Waals surface area contributed by atoms with Crippen LogP contribution < -0.4 is 30.2 Å². The molecule has 6 N–H and O–H groups in total. The van der Waals surface area contributed by atoms with Crippen LogP contribution in [0.2, 0.25) is 0 Å². The number of ether oxygens (including phenoxy) is 8. The fourth-order valence-corrected chi connectivity index (χ4v) is 8.57. The molecule has 2 aromatic carbocycles. The summed E-state index contributed by atoms with van der Waals surface area (Å²) in [5.74, 6) is 1.06. The van der Waals surface area contributed by atoms with Crippen molar-refractivity contribution in [2.24, 2.45) is 22.1 Å². The molecular weight excluding hydrogens is 921 g/mol. The molecule has 0 spiro atoms. The van der Waals surface area contributed by atoms with Crippen LogP contribution >= 0.6 is 0 Å². The van der Waals surface area contributed by atoms with Gasteiger partial charge in [0, 0.05) is 23.0 Å². The summed E-state index contributed by atoms with van der Waals surface area (Å²) in [6.45, 7) is 22.1. The lowest BCUT2D eigenvalue weighted by Crippen LogP contribution is -2.55. The van der Waals surface area contributed by atoms with Crippen LogP contribution in [0.4, 0.5) is 4.79 Å². The van der Waals surface area contributed by atoms with E-state index in [2.05, 4.69) is 23.5 Å². The number of hydrogen-bond donors (Lipinski definition) is 2. The average molecular weight is 985 g/mol. The van der Waals surface area contributed by atoms with Crippen LogP contribution in [0, 0.1) is 25.7 Å². The SMILES string of the molecule is C=CCOc1c(/C(C)=N/OC)c(=O)oc2c(C)c(OC3O[C@@H](CC)C(C)C(O)C3O)ccc12.C=CCOc1c(/C(C)=N/OC)c(=O)oc2c(C)c(OC3O[C@@H](CC)C(C)C4OC(=O)OC34)ccc12.O.O. The monoisotopic (exact) mass is 984 g/mol. The summed E-state index contributed by atoms with van der Waals surface area (Å²) < 4.78 is 57.8. The molecule has 0 aliphatic carbocycles. The molecule has 0 amide bonds. The molecule has 21 heteroatoms. The first-order valence-electron chi connectivity index (χ1n) is 22.3. The van der Waals surface area contributed by atoms with Gasteiger partial charge in [-0.25, -0.2) is 14.4 Å². The smallest absolute Gasteiger partial charge is 0.488 e. The van der Waals surface area contributed by atoms with Gasteiger partial charge < -0.3 is 77.6 Å². The fourth-order valence-electron chi connectivity index (χ4n) is 8.57. The van der Waals surface area contributed by atoms with Crippen LogP contribution in [0.5, 0.6) is 23.0 Å². The summed E-state index contributed by atoms with van der Waals surface area (Å²) in [5, 5.41) is 29.7. The third-order valence-corrected chi connectivity index (χ3v) is 12.1. The molecular formula is C49H64N2O19. The van der Waals surface area contributed by atoms with Crippen molar-refractivity contribution >= 4 is 39.5 Å². The Hall–Kier alpha value is -6.49. The summed E-state index contributed by atoms with van der Waals surface area (Å²) in [7, 11) is 2.77. The Morgan fingerprint density at radius 1 is 0.671 bits per heavy atom. The molecule has 3 aliphatic rings.